The number of aromatic nitrogens is 5. The molecule has 7 nitrogen and oxygen atoms in total. The van der Waals surface area contributed by atoms with E-state index in [9.17, 15) is 18.0 Å². The molecule has 1 amide bonds. The number of thioether (sulfide) groups is 1. The van der Waals surface area contributed by atoms with Crippen molar-refractivity contribution in [2.24, 2.45) is 7.05 Å². The number of rotatable bonds is 4. The van der Waals surface area contributed by atoms with E-state index >= 15 is 0 Å². The lowest BCUT2D eigenvalue weighted by Crippen LogP contribution is -2.15. The van der Waals surface area contributed by atoms with Crippen molar-refractivity contribution in [1.82, 2.24) is 23.5 Å². The first kappa shape index (κ1) is 16.6. The number of fused-ring (bicyclic) bond motifs is 1. The molecule has 0 spiro atoms. The Morgan fingerprint density at radius 3 is 2.83 bits per heavy atom. The molecule has 2 heterocycles. The molecule has 12 heteroatoms. The van der Waals surface area contributed by atoms with Crippen LogP contribution in [-0.2, 0) is 18.0 Å². The van der Waals surface area contributed by atoms with Crippen LogP contribution >= 0.6 is 23.5 Å². The summed E-state index contributed by atoms with van der Waals surface area (Å²) in [7, 11) is 1.20. The van der Waals surface area contributed by atoms with Gasteiger partial charge in [0.15, 0.2) is 5.16 Å². The zero-order chi connectivity index (χ0) is 17.3. The molecule has 2 aromatic heterocycles. The molecule has 0 aliphatic heterocycles. The molecule has 0 atom stereocenters. The number of anilines is 1. The van der Waals surface area contributed by atoms with Gasteiger partial charge in [0, 0.05) is 7.05 Å². The zero-order valence-electron chi connectivity index (χ0n) is 12.0. The Morgan fingerprint density at radius 1 is 1.33 bits per heavy atom. The Kier molecular flexibility index (Phi) is 4.41. The van der Waals surface area contributed by atoms with E-state index in [0.29, 0.717) is 16.7 Å². The zero-order valence-corrected chi connectivity index (χ0v) is 13.7. The highest BCUT2D eigenvalue weighted by molar-refractivity contribution is 7.99. The molecule has 1 aromatic carbocycles. The van der Waals surface area contributed by atoms with Gasteiger partial charge in [-0.1, -0.05) is 17.8 Å². The predicted octanol–water partition coefficient (Wildman–Crippen LogP) is 2.57. The Balaban J connectivity index is 1.66. The second-order valence-electron chi connectivity index (χ2n) is 4.64. The quantitative estimate of drug-likeness (QED) is 0.707. The summed E-state index contributed by atoms with van der Waals surface area (Å²) in [4.78, 5) is 12.0. The van der Waals surface area contributed by atoms with Gasteiger partial charge in [0.05, 0.1) is 23.2 Å². The van der Waals surface area contributed by atoms with Crippen LogP contribution in [0.2, 0.25) is 0 Å². The highest BCUT2D eigenvalue weighted by Gasteiger charge is 2.37. The molecular weight excluding hydrogens is 365 g/mol. The molecule has 0 fully saturated rings. The third kappa shape index (κ3) is 3.33. The van der Waals surface area contributed by atoms with Crippen molar-refractivity contribution in [3.8, 4) is 0 Å². The van der Waals surface area contributed by atoms with Gasteiger partial charge in [-0.25, -0.2) is 0 Å². The van der Waals surface area contributed by atoms with Crippen LogP contribution < -0.4 is 5.32 Å². The van der Waals surface area contributed by atoms with Gasteiger partial charge in [-0.05, 0) is 12.1 Å². The number of nitrogens with zero attached hydrogens (tertiary/aromatic N) is 5. The van der Waals surface area contributed by atoms with Crippen LogP contribution in [0.25, 0.3) is 11.0 Å². The molecular formula is C12H9F3N6OS2. The fourth-order valence-electron chi connectivity index (χ4n) is 1.91. The highest BCUT2D eigenvalue weighted by Crippen LogP contribution is 2.29. The minimum absolute atomic E-state index is 0.00556. The molecule has 3 rings (SSSR count). The number of benzene rings is 1. The lowest BCUT2D eigenvalue weighted by atomic mass is 10.2. The van der Waals surface area contributed by atoms with Gasteiger partial charge in [0.1, 0.15) is 11.0 Å². The third-order valence-corrected chi connectivity index (χ3v) is 4.54. The number of alkyl halides is 3. The number of carbonyl (C=O) groups is 1. The van der Waals surface area contributed by atoms with Crippen LogP contribution in [-0.4, -0.2) is 35.2 Å². The van der Waals surface area contributed by atoms with Gasteiger partial charge in [-0.3, -0.25) is 4.79 Å². The smallest absolute Gasteiger partial charge is 0.323 e. The van der Waals surface area contributed by atoms with Crippen molar-refractivity contribution in [3.63, 3.8) is 0 Å². The molecule has 1 N–H and O–H groups in total. The molecule has 0 saturated heterocycles. The van der Waals surface area contributed by atoms with E-state index < -0.39 is 17.9 Å². The maximum atomic E-state index is 12.6. The summed E-state index contributed by atoms with van der Waals surface area (Å²) < 4.78 is 46.9. The summed E-state index contributed by atoms with van der Waals surface area (Å²) in [6.45, 7) is 0. The summed E-state index contributed by atoms with van der Waals surface area (Å²) >= 11 is 1.89. The largest absolute Gasteiger partial charge is 0.451 e. The van der Waals surface area contributed by atoms with Crippen LogP contribution in [0.1, 0.15) is 5.82 Å². The number of hydrogen-bond acceptors (Lipinski definition) is 7. The number of halogens is 3. The number of amides is 1. The molecule has 0 aliphatic carbocycles. The fourth-order valence-corrected chi connectivity index (χ4v) is 3.17. The molecule has 0 aliphatic rings. The monoisotopic (exact) mass is 374 g/mol. The van der Waals surface area contributed by atoms with Crippen molar-refractivity contribution in [3.05, 3.63) is 24.0 Å². The van der Waals surface area contributed by atoms with Crippen molar-refractivity contribution in [1.29, 1.82) is 0 Å². The maximum absolute atomic E-state index is 12.6. The Hall–Kier alpha value is -2.21. The molecule has 24 heavy (non-hydrogen) atoms. The van der Waals surface area contributed by atoms with Gasteiger partial charge < -0.3 is 9.88 Å². The topological polar surface area (TPSA) is 85.6 Å². The summed E-state index contributed by atoms with van der Waals surface area (Å²) in [5, 5.41) is 9.23. The van der Waals surface area contributed by atoms with Crippen molar-refractivity contribution in [2.75, 3.05) is 11.1 Å². The van der Waals surface area contributed by atoms with Crippen molar-refractivity contribution in [2.45, 2.75) is 11.3 Å². The van der Waals surface area contributed by atoms with Crippen LogP contribution in [0.5, 0.6) is 0 Å². The molecule has 0 radical (unpaired) electrons. The predicted molar refractivity (Wildman–Crippen MR) is 82.8 cm³/mol. The number of hydrogen-bond donors (Lipinski definition) is 1. The Bertz CT molecular complexity index is 890. The highest BCUT2D eigenvalue weighted by atomic mass is 32.2. The molecule has 3 aromatic rings. The van der Waals surface area contributed by atoms with E-state index in [2.05, 4.69) is 24.3 Å². The average molecular weight is 374 g/mol. The van der Waals surface area contributed by atoms with E-state index in [1.807, 2.05) is 0 Å². The van der Waals surface area contributed by atoms with Gasteiger partial charge in [-0.15, -0.1) is 10.2 Å². The van der Waals surface area contributed by atoms with Crippen LogP contribution in [0.15, 0.2) is 23.4 Å². The second kappa shape index (κ2) is 6.36. The standard InChI is InChI=1S/C12H9F3N6OS2/c1-21-10(12(13,14)15)17-18-11(21)23-5-8(22)16-6-3-2-4-7-9(6)20-24-19-7/h2-4H,5H2,1H3,(H,16,22). The molecule has 0 bridgehead atoms. The van der Waals surface area contributed by atoms with E-state index in [-0.39, 0.29) is 10.9 Å². The molecule has 0 unspecified atom stereocenters. The first-order valence-electron chi connectivity index (χ1n) is 6.47. The lowest BCUT2D eigenvalue weighted by Gasteiger charge is -2.07. The van der Waals surface area contributed by atoms with E-state index in [1.54, 1.807) is 18.2 Å². The molecule has 126 valence electrons. The summed E-state index contributed by atoms with van der Waals surface area (Å²) in [5.74, 6) is -1.61. The Morgan fingerprint density at radius 2 is 2.12 bits per heavy atom. The van der Waals surface area contributed by atoms with Gasteiger partial charge in [-0.2, -0.15) is 21.9 Å². The average Bonchev–Trinajstić information content (AvgIpc) is 3.11. The van der Waals surface area contributed by atoms with Gasteiger partial charge in [0.25, 0.3) is 0 Å². The molecule has 0 saturated carbocycles. The van der Waals surface area contributed by atoms with Crippen LogP contribution in [0, 0.1) is 0 Å². The minimum Gasteiger partial charge on any atom is -0.323 e. The maximum Gasteiger partial charge on any atom is 0.451 e. The first-order valence-corrected chi connectivity index (χ1v) is 8.18. The van der Waals surface area contributed by atoms with E-state index in [0.717, 1.165) is 28.1 Å². The second-order valence-corrected chi connectivity index (χ2v) is 6.11. The summed E-state index contributed by atoms with van der Waals surface area (Å²) in [6, 6.07) is 5.17. The van der Waals surface area contributed by atoms with Gasteiger partial charge in [0.2, 0.25) is 11.7 Å². The first-order chi connectivity index (χ1) is 11.4. The fraction of sp³-hybridized carbons (Fsp3) is 0.250. The lowest BCUT2D eigenvalue weighted by molar-refractivity contribution is -0.147. The summed E-state index contributed by atoms with van der Waals surface area (Å²) in [5.41, 5.74) is 1.73. The summed E-state index contributed by atoms with van der Waals surface area (Å²) in [6.07, 6.45) is -4.59. The number of carbonyl (C=O) groups excluding carboxylic acids is 1. The van der Waals surface area contributed by atoms with Crippen molar-refractivity contribution < 1.29 is 18.0 Å². The normalized spacial score (nSPS) is 11.8. The van der Waals surface area contributed by atoms with E-state index in [1.165, 1.54) is 7.05 Å². The third-order valence-electron chi connectivity index (χ3n) is 2.98. The minimum atomic E-state index is -4.59. The SMILES string of the molecule is Cn1c(SCC(=O)Nc2cccc3nsnc23)nnc1C(F)(F)F. The van der Waals surface area contributed by atoms with Crippen LogP contribution in [0.4, 0.5) is 18.9 Å². The Labute approximate surface area is 141 Å². The van der Waals surface area contributed by atoms with Gasteiger partial charge >= 0.3 is 6.18 Å². The van der Waals surface area contributed by atoms with E-state index in [4.69, 9.17) is 0 Å². The number of nitrogens with one attached hydrogen (secondary N) is 1. The van der Waals surface area contributed by atoms with Crippen molar-refractivity contribution >= 4 is 46.1 Å². The van der Waals surface area contributed by atoms with Crippen LogP contribution in [0.3, 0.4) is 0 Å².